The van der Waals surface area contributed by atoms with Gasteiger partial charge < -0.3 is 10.1 Å². The number of para-hydroxylation sites is 1. The van der Waals surface area contributed by atoms with E-state index < -0.39 is 4.92 Å². The quantitative estimate of drug-likeness (QED) is 0.625. The van der Waals surface area contributed by atoms with Crippen LogP contribution < -0.4 is 5.56 Å². The number of fused-ring (bicyclic) bond motifs is 1. The molecule has 0 amide bonds. The molecule has 1 aliphatic carbocycles. The topological polar surface area (TPSA) is 112 Å². The molecule has 0 saturated heterocycles. The number of nitro groups is 1. The molecule has 0 spiro atoms. The molecular weight excluding hydrogens is 336 g/mol. The Bertz CT molecular complexity index is 920. The van der Waals surface area contributed by atoms with Gasteiger partial charge >= 0.3 is 5.69 Å². The van der Waals surface area contributed by atoms with Gasteiger partial charge in [-0.25, -0.2) is 4.98 Å². The van der Waals surface area contributed by atoms with Gasteiger partial charge in [0.25, 0.3) is 5.56 Å². The second kappa shape index (κ2) is 6.53. The van der Waals surface area contributed by atoms with Gasteiger partial charge in [-0.15, -0.1) is 0 Å². The molecule has 26 heavy (non-hydrogen) atoms. The molecule has 2 heterocycles. The molecule has 0 bridgehead atoms. The molecule has 1 aromatic heterocycles. The van der Waals surface area contributed by atoms with Crippen molar-refractivity contribution >= 4 is 5.69 Å². The normalized spacial score (nSPS) is 17.1. The summed E-state index contributed by atoms with van der Waals surface area (Å²) in [5, 5.41) is 21.1. The highest BCUT2D eigenvalue weighted by Crippen LogP contribution is 2.32. The second-order valence-corrected chi connectivity index (χ2v) is 7.09. The number of nitrogens with one attached hydrogen (secondary N) is 1. The number of hydrogen-bond acceptors (Lipinski definition) is 6. The molecule has 1 aliphatic heterocycles. The van der Waals surface area contributed by atoms with E-state index in [0.717, 1.165) is 23.5 Å². The number of benzene rings is 1. The predicted octanol–water partition coefficient (Wildman–Crippen LogP) is 1.89. The molecule has 1 fully saturated rings. The first-order valence-electron chi connectivity index (χ1n) is 8.80. The first-order valence-corrected chi connectivity index (χ1v) is 8.80. The summed E-state index contributed by atoms with van der Waals surface area (Å²) in [5.74, 6) is 1.09. The molecule has 2 N–H and O–H groups in total. The minimum atomic E-state index is -0.588. The van der Waals surface area contributed by atoms with E-state index in [1.165, 1.54) is 18.9 Å². The van der Waals surface area contributed by atoms with Gasteiger partial charge in [-0.2, -0.15) is 0 Å². The number of rotatable bonds is 5. The molecule has 0 unspecified atom stereocenters. The molecule has 2 aromatic rings. The minimum Gasteiger partial charge on any atom is -0.502 e. The average Bonchev–Trinajstić information content (AvgIpc) is 3.40. The van der Waals surface area contributed by atoms with E-state index >= 15 is 0 Å². The van der Waals surface area contributed by atoms with Gasteiger partial charge in [0.05, 0.1) is 10.6 Å². The van der Waals surface area contributed by atoms with Crippen LogP contribution in [0.15, 0.2) is 23.0 Å². The maximum Gasteiger partial charge on any atom is 0.311 e. The van der Waals surface area contributed by atoms with Crippen molar-refractivity contribution in [2.24, 2.45) is 5.92 Å². The van der Waals surface area contributed by atoms with Gasteiger partial charge in [0.15, 0.2) is 5.75 Å². The molecule has 2 aliphatic rings. The first kappa shape index (κ1) is 16.7. The van der Waals surface area contributed by atoms with E-state index in [1.54, 1.807) is 12.1 Å². The lowest BCUT2D eigenvalue weighted by atomic mass is 10.0. The van der Waals surface area contributed by atoms with E-state index in [2.05, 4.69) is 14.9 Å². The molecule has 136 valence electrons. The second-order valence-electron chi connectivity index (χ2n) is 7.09. The summed E-state index contributed by atoms with van der Waals surface area (Å²) >= 11 is 0. The third-order valence-corrected chi connectivity index (χ3v) is 5.07. The zero-order valence-electron chi connectivity index (χ0n) is 14.3. The number of hydrogen-bond donors (Lipinski definition) is 2. The van der Waals surface area contributed by atoms with E-state index in [9.17, 15) is 20.0 Å². The van der Waals surface area contributed by atoms with E-state index in [1.807, 2.05) is 0 Å². The highest BCUT2D eigenvalue weighted by Gasteiger charge is 2.26. The summed E-state index contributed by atoms with van der Waals surface area (Å²) in [7, 11) is 0. The van der Waals surface area contributed by atoms with Gasteiger partial charge in [0.2, 0.25) is 0 Å². The number of H-pyrrole nitrogens is 1. The van der Waals surface area contributed by atoms with Crippen molar-refractivity contribution in [1.29, 1.82) is 0 Å². The smallest absolute Gasteiger partial charge is 0.311 e. The summed E-state index contributed by atoms with van der Waals surface area (Å²) < 4.78 is 0. The Morgan fingerprint density at radius 2 is 2.19 bits per heavy atom. The average molecular weight is 356 g/mol. The Morgan fingerprint density at radius 1 is 1.38 bits per heavy atom. The molecule has 8 heteroatoms. The van der Waals surface area contributed by atoms with Gasteiger partial charge in [0.1, 0.15) is 5.82 Å². The molecule has 0 atom stereocenters. The van der Waals surface area contributed by atoms with Crippen LogP contribution in [0.4, 0.5) is 5.69 Å². The third-order valence-electron chi connectivity index (χ3n) is 5.07. The highest BCUT2D eigenvalue weighted by atomic mass is 16.6. The zero-order chi connectivity index (χ0) is 18.3. The number of phenols is 1. The monoisotopic (exact) mass is 356 g/mol. The van der Waals surface area contributed by atoms with Crippen molar-refractivity contribution < 1.29 is 10.0 Å². The molecule has 4 rings (SSSR count). The van der Waals surface area contributed by atoms with Gasteiger partial charge in [-0.1, -0.05) is 12.1 Å². The standard InChI is InChI=1S/C18H20N4O4/c23-17-12(2-1-3-15(17)22(25)26)9-21-7-6-13-14(10-21)19-16(20-18(13)24)8-11-4-5-11/h1-3,11,23H,4-10H2,(H,19,20,24). The fraction of sp³-hybridized carbons (Fsp3) is 0.444. The summed E-state index contributed by atoms with van der Waals surface area (Å²) in [5.41, 5.74) is 1.67. The first-order chi connectivity index (χ1) is 12.5. The largest absolute Gasteiger partial charge is 0.502 e. The summed E-state index contributed by atoms with van der Waals surface area (Å²) in [6.45, 7) is 1.51. The van der Waals surface area contributed by atoms with E-state index in [0.29, 0.717) is 37.5 Å². The Kier molecular flexibility index (Phi) is 4.20. The van der Waals surface area contributed by atoms with E-state index in [4.69, 9.17) is 0 Å². The summed E-state index contributed by atoms with van der Waals surface area (Å²) in [4.78, 5) is 32.3. The van der Waals surface area contributed by atoms with Gasteiger partial charge in [-0.3, -0.25) is 19.8 Å². The van der Waals surface area contributed by atoms with E-state index in [-0.39, 0.29) is 17.0 Å². The van der Waals surface area contributed by atoms with Crippen molar-refractivity contribution in [3.63, 3.8) is 0 Å². The van der Waals surface area contributed by atoms with Gasteiger partial charge in [0, 0.05) is 43.2 Å². The zero-order valence-corrected chi connectivity index (χ0v) is 14.3. The molecule has 0 radical (unpaired) electrons. The fourth-order valence-electron chi connectivity index (χ4n) is 3.47. The molecular formula is C18H20N4O4. The van der Waals surface area contributed by atoms with Crippen LogP contribution in [0.3, 0.4) is 0 Å². The van der Waals surface area contributed by atoms with Gasteiger partial charge in [-0.05, 0) is 25.2 Å². The Hall–Kier alpha value is -2.74. The van der Waals surface area contributed by atoms with Crippen LogP contribution in [-0.2, 0) is 25.9 Å². The summed E-state index contributed by atoms with van der Waals surface area (Å²) in [6.07, 6.45) is 3.78. The Balaban J connectivity index is 1.55. The maximum absolute atomic E-state index is 12.3. The lowest BCUT2D eigenvalue weighted by Gasteiger charge is -2.27. The maximum atomic E-state index is 12.3. The number of phenolic OH excluding ortho intramolecular Hbond substituents is 1. The Labute approximate surface area is 149 Å². The van der Waals surface area contributed by atoms with Crippen molar-refractivity contribution in [3.05, 3.63) is 61.3 Å². The Morgan fingerprint density at radius 3 is 2.92 bits per heavy atom. The van der Waals surface area contributed by atoms with Crippen LogP contribution in [-0.4, -0.2) is 31.4 Å². The van der Waals surface area contributed by atoms with Crippen molar-refractivity contribution in [3.8, 4) is 5.75 Å². The van der Waals surface area contributed by atoms with Crippen LogP contribution >= 0.6 is 0 Å². The predicted molar refractivity (Wildman–Crippen MR) is 93.9 cm³/mol. The van der Waals surface area contributed by atoms with Crippen LogP contribution in [0.5, 0.6) is 5.75 Å². The van der Waals surface area contributed by atoms with Crippen LogP contribution in [0.1, 0.15) is 35.5 Å². The van der Waals surface area contributed by atoms with Crippen molar-refractivity contribution in [1.82, 2.24) is 14.9 Å². The molecule has 8 nitrogen and oxygen atoms in total. The number of aromatic nitrogens is 2. The molecule has 1 aromatic carbocycles. The minimum absolute atomic E-state index is 0.0523. The van der Waals surface area contributed by atoms with Crippen LogP contribution in [0, 0.1) is 16.0 Å². The van der Waals surface area contributed by atoms with Crippen molar-refractivity contribution in [2.75, 3.05) is 6.54 Å². The number of nitrogens with zero attached hydrogens (tertiary/aromatic N) is 3. The SMILES string of the molecule is O=c1[nH]c(CC2CC2)nc2c1CCN(Cc1cccc([N+](=O)[O-])c1O)C2. The summed E-state index contributed by atoms with van der Waals surface area (Å²) in [6, 6.07) is 4.54. The molecule has 1 saturated carbocycles. The number of nitro benzene ring substituents is 1. The fourth-order valence-corrected chi connectivity index (χ4v) is 3.47. The number of aromatic hydroxyl groups is 1. The lowest BCUT2D eigenvalue weighted by molar-refractivity contribution is -0.385. The third kappa shape index (κ3) is 3.32. The van der Waals surface area contributed by atoms with Crippen LogP contribution in [0.25, 0.3) is 0 Å². The van der Waals surface area contributed by atoms with Crippen LogP contribution in [0.2, 0.25) is 0 Å². The highest BCUT2D eigenvalue weighted by molar-refractivity contribution is 5.50. The number of aromatic amines is 1. The lowest BCUT2D eigenvalue weighted by Crippen LogP contribution is -2.35. The van der Waals surface area contributed by atoms with Crippen molar-refractivity contribution in [2.45, 2.75) is 38.8 Å².